The van der Waals surface area contributed by atoms with Crippen molar-refractivity contribution in [2.45, 2.75) is 39.0 Å². The molecule has 1 aromatic heterocycles. The maximum absolute atomic E-state index is 13.1. The summed E-state index contributed by atoms with van der Waals surface area (Å²) >= 11 is 0. The van der Waals surface area contributed by atoms with Crippen molar-refractivity contribution < 1.29 is 14.3 Å². The molecule has 5 nitrogen and oxygen atoms in total. The second kappa shape index (κ2) is 8.81. The third kappa shape index (κ3) is 4.68. The van der Waals surface area contributed by atoms with Gasteiger partial charge in [0.2, 0.25) is 0 Å². The zero-order chi connectivity index (χ0) is 23.8. The number of fused-ring (bicyclic) bond motifs is 2. The second-order valence-electron chi connectivity index (χ2n) is 9.74. The molecule has 0 saturated heterocycles. The van der Waals surface area contributed by atoms with Gasteiger partial charge < -0.3 is 9.64 Å². The zero-order valence-corrected chi connectivity index (χ0v) is 19.9. The smallest absolute Gasteiger partial charge is 0.339 e. The Bertz CT molecular complexity index is 1250. The van der Waals surface area contributed by atoms with Gasteiger partial charge in [0.25, 0.3) is 5.91 Å². The van der Waals surface area contributed by atoms with Gasteiger partial charge in [0.05, 0.1) is 16.8 Å². The first-order valence-electron chi connectivity index (χ1n) is 11.3. The first-order chi connectivity index (χ1) is 15.6. The van der Waals surface area contributed by atoms with E-state index in [0.717, 1.165) is 39.7 Å². The largest absolute Gasteiger partial charge is 0.452 e. The molecule has 0 saturated carbocycles. The minimum absolute atomic E-state index is 0.106. The summed E-state index contributed by atoms with van der Waals surface area (Å²) in [6.07, 6.45) is 3.67. The molecular weight excluding hydrogens is 412 g/mol. The van der Waals surface area contributed by atoms with E-state index in [-0.39, 0.29) is 17.9 Å². The molecular formula is C28H30N2O3. The lowest BCUT2D eigenvalue weighted by Crippen LogP contribution is -2.27. The molecule has 3 aromatic rings. The average Bonchev–Trinajstić information content (AvgIpc) is 3.17. The van der Waals surface area contributed by atoms with Crippen molar-refractivity contribution >= 4 is 34.4 Å². The highest BCUT2D eigenvalue weighted by molar-refractivity contribution is 6.07. The standard InChI is InChI=1S/C28H30N2O3/c1-28(2,3)20-13-10-18(11-14-20)16-19-12-15-22-25(27(32)33-17-24(31)30(4)5)21-8-6-7-9-23(21)29-26(19)22/h6-11,13-14,16H,12,15,17H2,1-5H3. The van der Waals surface area contributed by atoms with Crippen molar-refractivity contribution in [2.75, 3.05) is 20.7 Å². The van der Waals surface area contributed by atoms with Crippen LogP contribution in [0.15, 0.2) is 48.5 Å². The number of aromatic nitrogens is 1. The lowest BCUT2D eigenvalue weighted by Gasteiger charge is -2.18. The van der Waals surface area contributed by atoms with Crippen molar-refractivity contribution in [3.63, 3.8) is 0 Å². The summed E-state index contributed by atoms with van der Waals surface area (Å²) in [6.45, 7) is 6.33. The Morgan fingerprint density at radius 3 is 2.39 bits per heavy atom. The molecule has 0 spiro atoms. The summed E-state index contributed by atoms with van der Waals surface area (Å²) in [4.78, 5) is 31.4. The molecule has 170 valence electrons. The molecule has 1 aliphatic rings. The fourth-order valence-corrected chi connectivity index (χ4v) is 4.12. The van der Waals surface area contributed by atoms with Crippen LogP contribution in [-0.4, -0.2) is 42.5 Å². The van der Waals surface area contributed by atoms with Crippen molar-refractivity contribution in [3.8, 4) is 0 Å². The number of esters is 1. The van der Waals surface area contributed by atoms with E-state index in [0.29, 0.717) is 12.0 Å². The second-order valence-corrected chi connectivity index (χ2v) is 9.74. The summed E-state index contributed by atoms with van der Waals surface area (Å²) in [5.74, 6) is -0.728. The lowest BCUT2D eigenvalue weighted by atomic mass is 9.86. The predicted octanol–water partition coefficient (Wildman–Crippen LogP) is 5.26. The number of benzene rings is 2. The number of pyridine rings is 1. The van der Waals surface area contributed by atoms with Crippen LogP contribution in [0.4, 0.5) is 0 Å². The van der Waals surface area contributed by atoms with Gasteiger partial charge in [-0.05, 0) is 52.7 Å². The van der Waals surface area contributed by atoms with Crippen molar-refractivity contribution in [1.29, 1.82) is 0 Å². The highest BCUT2D eigenvalue weighted by Gasteiger charge is 2.28. The first-order valence-corrected chi connectivity index (χ1v) is 11.3. The van der Waals surface area contributed by atoms with E-state index in [9.17, 15) is 9.59 Å². The minimum Gasteiger partial charge on any atom is -0.452 e. The zero-order valence-electron chi connectivity index (χ0n) is 19.9. The first kappa shape index (κ1) is 22.7. The van der Waals surface area contributed by atoms with E-state index in [1.807, 2.05) is 24.3 Å². The van der Waals surface area contributed by atoms with Crippen LogP contribution in [0.25, 0.3) is 22.6 Å². The van der Waals surface area contributed by atoms with Crippen LogP contribution in [0.2, 0.25) is 0 Å². The van der Waals surface area contributed by atoms with Crippen molar-refractivity contribution in [3.05, 3.63) is 76.5 Å². The van der Waals surface area contributed by atoms with Crippen LogP contribution in [0, 0.1) is 0 Å². The quantitative estimate of drug-likeness (QED) is 0.517. The minimum atomic E-state index is -0.476. The van der Waals surface area contributed by atoms with Crippen LogP contribution in [0.3, 0.4) is 0 Å². The molecule has 0 unspecified atom stereocenters. The van der Waals surface area contributed by atoms with Crippen LogP contribution >= 0.6 is 0 Å². The molecule has 33 heavy (non-hydrogen) atoms. The number of hydrogen-bond donors (Lipinski definition) is 0. The number of likely N-dealkylation sites (N-methyl/N-ethyl adjacent to an activating group) is 1. The van der Waals surface area contributed by atoms with E-state index in [1.54, 1.807) is 14.1 Å². The van der Waals surface area contributed by atoms with Gasteiger partial charge in [-0.2, -0.15) is 0 Å². The third-order valence-corrected chi connectivity index (χ3v) is 6.09. The Kier molecular flexibility index (Phi) is 6.07. The van der Waals surface area contributed by atoms with Gasteiger partial charge in [0, 0.05) is 19.5 Å². The number of ether oxygens (including phenoxy) is 1. The molecule has 0 bridgehead atoms. The molecule has 1 aliphatic carbocycles. The molecule has 0 fully saturated rings. The molecule has 0 N–H and O–H groups in total. The van der Waals surface area contributed by atoms with E-state index in [1.165, 1.54) is 10.5 Å². The predicted molar refractivity (Wildman–Crippen MR) is 132 cm³/mol. The summed E-state index contributed by atoms with van der Waals surface area (Å²) in [5.41, 5.74) is 6.63. The van der Waals surface area contributed by atoms with E-state index < -0.39 is 5.97 Å². The van der Waals surface area contributed by atoms with Gasteiger partial charge in [0.1, 0.15) is 0 Å². The van der Waals surface area contributed by atoms with Crippen LogP contribution in [0.1, 0.15) is 59.9 Å². The highest BCUT2D eigenvalue weighted by Crippen LogP contribution is 2.38. The monoisotopic (exact) mass is 442 g/mol. The summed E-state index contributed by atoms with van der Waals surface area (Å²) in [7, 11) is 3.28. The van der Waals surface area contributed by atoms with E-state index >= 15 is 0 Å². The molecule has 1 amide bonds. The molecule has 4 rings (SSSR count). The molecule has 5 heteroatoms. The number of rotatable bonds is 4. The average molecular weight is 443 g/mol. The number of allylic oxidation sites excluding steroid dienone is 1. The molecule has 0 atom stereocenters. The van der Waals surface area contributed by atoms with Gasteiger partial charge in [-0.15, -0.1) is 0 Å². The van der Waals surface area contributed by atoms with Crippen LogP contribution < -0.4 is 0 Å². The van der Waals surface area contributed by atoms with Gasteiger partial charge in [0.15, 0.2) is 6.61 Å². The van der Waals surface area contributed by atoms with Gasteiger partial charge in [-0.25, -0.2) is 9.78 Å². The highest BCUT2D eigenvalue weighted by atomic mass is 16.5. The van der Waals surface area contributed by atoms with Crippen molar-refractivity contribution in [1.82, 2.24) is 9.88 Å². The molecule has 0 radical (unpaired) electrons. The normalized spacial score (nSPS) is 14.4. The SMILES string of the molecule is CN(C)C(=O)COC(=O)c1c2c(nc3ccccc13)C(=Cc1ccc(C(C)(C)C)cc1)CC2. The third-order valence-electron chi connectivity index (χ3n) is 6.09. The number of hydrogen-bond acceptors (Lipinski definition) is 4. The fourth-order valence-electron chi connectivity index (χ4n) is 4.12. The summed E-state index contributed by atoms with van der Waals surface area (Å²) < 4.78 is 5.41. The molecule has 1 heterocycles. The van der Waals surface area contributed by atoms with Gasteiger partial charge in [-0.3, -0.25) is 4.79 Å². The topological polar surface area (TPSA) is 59.5 Å². The van der Waals surface area contributed by atoms with E-state index in [4.69, 9.17) is 9.72 Å². The molecule has 0 aliphatic heterocycles. The Balaban J connectivity index is 1.73. The van der Waals surface area contributed by atoms with Crippen LogP contribution in [0.5, 0.6) is 0 Å². The Morgan fingerprint density at radius 1 is 1.03 bits per heavy atom. The maximum Gasteiger partial charge on any atom is 0.339 e. The number of para-hydroxylation sites is 1. The number of nitrogens with zero attached hydrogens (tertiary/aromatic N) is 2. The number of carbonyl (C=O) groups is 2. The fraction of sp³-hybridized carbons (Fsp3) is 0.321. The van der Waals surface area contributed by atoms with Gasteiger partial charge >= 0.3 is 5.97 Å². The Labute approximate surface area is 195 Å². The Morgan fingerprint density at radius 2 is 1.73 bits per heavy atom. The summed E-state index contributed by atoms with van der Waals surface area (Å²) in [5, 5.41) is 0.759. The Hall–Kier alpha value is -3.47. The number of carbonyl (C=O) groups excluding carboxylic acids is 2. The van der Waals surface area contributed by atoms with Crippen molar-refractivity contribution in [2.24, 2.45) is 0 Å². The van der Waals surface area contributed by atoms with Crippen LogP contribution in [-0.2, 0) is 21.4 Å². The lowest BCUT2D eigenvalue weighted by molar-refractivity contribution is -0.131. The number of amides is 1. The summed E-state index contributed by atoms with van der Waals surface area (Å²) in [6, 6.07) is 16.2. The van der Waals surface area contributed by atoms with E-state index in [2.05, 4.69) is 51.1 Å². The van der Waals surface area contributed by atoms with Gasteiger partial charge in [-0.1, -0.05) is 63.2 Å². The maximum atomic E-state index is 13.1. The molecule has 2 aromatic carbocycles.